The van der Waals surface area contributed by atoms with Crippen LogP contribution in [0, 0.1) is 0 Å². The molecule has 0 aromatic carbocycles. The maximum Gasteiger partial charge on any atom is 0.161 e. The van der Waals surface area contributed by atoms with Gasteiger partial charge in [-0.3, -0.25) is 0 Å². The number of fused-ring (bicyclic) bond motifs is 2. The lowest BCUT2D eigenvalue weighted by molar-refractivity contribution is 0.0921. The summed E-state index contributed by atoms with van der Waals surface area (Å²) in [6.45, 7) is 0. The third-order valence-electron chi connectivity index (χ3n) is 1.68. The monoisotopic (exact) mass is 130 g/mol. The molecule has 0 aliphatic carbocycles. The smallest absolute Gasteiger partial charge is 0.161 e. The van der Waals surface area contributed by atoms with Gasteiger partial charge in [-0.1, -0.05) is 17.7 Å². The van der Waals surface area contributed by atoms with Gasteiger partial charge in [0.25, 0.3) is 0 Å². The van der Waals surface area contributed by atoms with Gasteiger partial charge < -0.3 is 4.74 Å². The highest BCUT2D eigenvalue weighted by molar-refractivity contribution is 6.24. The van der Waals surface area contributed by atoms with Crippen molar-refractivity contribution in [2.75, 3.05) is 0 Å². The van der Waals surface area contributed by atoms with Crippen LogP contribution >= 0.6 is 11.6 Å². The number of ether oxygens (including phenoxy) is 1. The summed E-state index contributed by atoms with van der Waals surface area (Å²) in [4.78, 5) is 0. The Balaban J connectivity index is 2.33. The molecule has 0 radical (unpaired) electrons. The van der Waals surface area contributed by atoms with Gasteiger partial charge in [0.2, 0.25) is 0 Å². The Kier molecular flexibility index (Phi) is 0.774. The Labute approximate surface area is 53.3 Å². The fourth-order valence-electron chi connectivity index (χ4n) is 1.22. The van der Waals surface area contributed by atoms with E-state index in [0.717, 1.165) is 12.8 Å². The van der Waals surface area contributed by atoms with E-state index in [0.29, 0.717) is 6.10 Å². The predicted molar refractivity (Wildman–Crippen MR) is 31.8 cm³/mol. The molecule has 1 fully saturated rings. The van der Waals surface area contributed by atoms with Crippen LogP contribution < -0.4 is 0 Å². The first-order chi connectivity index (χ1) is 3.79. The van der Waals surface area contributed by atoms with Crippen molar-refractivity contribution in [1.82, 2.24) is 0 Å². The average Bonchev–Trinajstić information content (AvgIpc) is 2.21. The van der Waals surface area contributed by atoms with Gasteiger partial charge in [-0.2, -0.15) is 0 Å². The molecule has 0 N–H and O–H groups in total. The molecule has 2 heteroatoms. The first kappa shape index (κ1) is 4.83. The van der Waals surface area contributed by atoms with E-state index in [9.17, 15) is 0 Å². The summed E-state index contributed by atoms with van der Waals surface area (Å²) >= 11 is 5.89. The molecule has 0 spiro atoms. The van der Waals surface area contributed by atoms with Crippen LogP contribution in [-0.4, -0.2) is 11.2 Å². The van der Waals surface area contributed by atoms with Gasteiger partial charge >= 0.3 is 0 Å². The lowest BCUT2D eigenvalue weighted by Gasteiger charge is -2.09. The van der Waals surface area contributed by atoms with Crippen LogP contribution in [0.15, 0.2) is 12.2 Å². The quantitative estimate of drug-likeness (QED) is 0.358. The van der Waals surface area contributed by atoms with Crippen molar-refractivity contribution in [2.45, 2.75) is 24.0 Å². The van der Waals surface area contributed by atoms with Crippen LogP contribution in [0.2, 0.25) is 0 Å². The van der Waals surface area contributed by atoms with E-state index in [-0.39, 0.29) is 0 Å². The van der Waals surface area contributed by atoms with Crippen molar-refractivity contribution >= 4 is 11.6 Å². The zero-order valence-corrected chi connectivity index (χ0v) is 5.19. The fraction of sp³-hybridized carbons (Fsp3) is 0.667. The first-order valence-corrected chi connectivity index (χ1v) is 3.22. The normalized spacial score (nSPS) is 50.9. The fourth-order valence-corrected chi connectivity index (χ4v) is 1.51. The SMILES string of the molecule is Cl[C@@]12C=C[C@@H](CC1)O2. The van der Waals surface area contributed by atoms with Gasteiger partial charge in [-0.05, 0) is 18.9 Å². The highest BCUT2D eigenvalue weighted by Crippen LogP contribution is 2.40. The molecule has 2 aliphatic heterocycles. The van der Waals surface area contributed by atoms with Crippen LogP contribution in [0.3, 0.4) is 0 Å². The maximum absolute atomic E-state index is 5.89. The molecular weight excluding hydrogens is 124 g/mol. The van der Waals surface area contributed by atoms with Gasteiger partial charge in [0.1, 0.15) is 0 Å². The van der Waals surface area contributed by atoms with Crippen molar-refractivity contribution in [2.24, 2.45) is 0 Å². The minimum absolute atomic E-state index is 0.326. The average molecular weight is 131 g/mol. The molecule has 0 amide bonds. The summed E-state index contributed by atoms with van der Waals surface area (Å²) in [6.07, 6.45) is 6.39. The molecule has 0 aromatic rings. The number of rotatable bonds is 0. The summed E-state index contributed by atoms with van der Waals surface area (Å²) in [5.41, 5.74) is 0. The topological polar surface area (TPSA) is 9.23 Å². The second kappa shape index (κ2) is 1.28. The molecule has 0 aromatic heterocycles. The molecule has 2 bridgehead atoms. The molecule has 1 nitrogen and oxygen atoms in total. The molecule has 2 heterocycles. The van der Waals surface area contributed by atoms with Gasteiger partial charge in [0.05, 0.1) is 6.10 Å². The standard InChI is InChI=1S/C6H7ClO/c7-6-3-1-5(8-6)2-4-6/h1,3,5H,2,4H2/t5-,6+/m0/s1. The van der Waals surface area contributed by atoms with Crippen LogP contribution in [0.1, 0.15) is 12.8 Å². The van der Waals surface area contributed by atoms with E-state index in [2.05, 4.69) is 0 Å². The highest BCUT2D eigenvalue weighted by atomic mass is 35.5. The van der Waals surface area contributed by atoms with Crippen molar-refractivity contribution in [1.29, 1.82) is 0 Å². The first-order valence-electron chi connectivity index (χ1n) is 2.85. The Hall–Kier alpha value is -0.0100. The maximum atomic E-state index is 5.89. The summed E-state index contributed by atoms with van der Waals surface area (Å²) in [5.74, 6) is 0. The number of hydrogen-bond donors (Lipinski definition) is 0. The number of hydrogen-bond acceptors (Lipinski definition) is 1. The summed E-state index contributed by atoms with van der Waals surface area (Å²) < 4.78 is 5.31. The predicted octanol–water partition coefficient (Wildman–Crippen LogP) is 1.67. The van der Waals surface area contributed by atoms with Crippen LogP contribution in [0.5, 0.6) is 0 Å². The van der Waals surface area contributed by atoms with E-state index < -0.39 is 5.06 Å². The van der Waals surface area contributed by atoms with Crippen molar-refractivity contribution < 1.29 is 4.74 Å². The number of alkyl halides is 1. The third-order valence-corrected chi connectivity index (χ3v) is 2.08. The zero-order valence-electron chi connectivity index (χ0n) is 4.43. The van der Waals surface area contributed by atoms with E-state index in [4.69, 9.17) is 16.3 Å². The second-order valence-corrected chi connectivity index (χ2v) is 2.98. The lowest BCUT2D eigenvalue weighted by atomic mass is 10.1. The Morgan fingerprint density at radius 1 is 1.75 bits per heavy atom. The van der Waals surface area contributed by atoms with Crippen LogP contribution in [0.25, 0.3) is 0 Å². The van der Waals surface area contributed by atoms with Crippen LogP contribution in [-0.2, 0) is 4.74 Å². The van der Waals surface area contributed by atoms with Crippen LogP contribution in [0.4, 0.5) is 0 Å². The van der Waals surface area contributed by atoms with Gasteiger partial charge in [-0.15, -0.1) is 0 Å². The zero-order chi connectivity index (χ0) is 5.61. The Morgan fingerprint density at radius 3 is 2.75 bits per heavy atom. The Morgan fingerprint density at radius 2 is 2.62 bits per heavy atom. The van der Waals surface area contributed by atoms with Crippen molar-refractivity contribution in [3.8, 4) is 0 Å². The highest BCUT2D eigenvalue weighted by Gasteiger charge is 2.39. The van der Waals surface area contributed by atoms with E-state index in [1.807, 2.05) is 12.2 Å². The molecule has 2 rings (SSSR count). The molecule has 8 heavy (non-hydrogen) atoms. The van der Waals surface area contributed by atoms with E-state index >= 15 is 0 Å². The molecule has 1 saturated heterocycles. The van der Waals surface area contributed by atoms with Gasteiger partial charge in [-0.25, -0.2) is 0 Å². The number of halogens is 1. The molecule has 2 aliphatic rings. The molecule has 2 atom stereocenters. The van der Waals surface area contributed by atoms with Crippen molar-refractivity contribution in [3.05, 3.63) is 12.2 Å². The largest absolute Gasteiger partial charge is 0.349 e. The minimum Gasteiger partial charge on any atom is -0.349 e. The molecule has 44 valence electrons. The second-order valence-electron chi connectivity index (χ2n) is 2.34. The minimum atomic E-state index is -0.398. The molecular formula is C6H7ClO. The Bertz CT molecular complexity index is 143. The van der Waals surface area contributed by atoms with Gasteiger partial charge in [0, 0.05) is 0 Å². The third kappa shape index (κ3) is 0.517. The molecule has 0 unspecified atom stereocenters. The summed E-state index contributed by atoms with van der Waals surface area (Å²) in [7, 11) is 0. The van der Waals surface area contributed by atoms with E-state index in [1.165, 1.54) is 0 Å². The summed E-state index contributed by atoms with van der Waals surface area (Å²) in [5, 5.41) is -0.398. The van der Waals surface area contributed by atoms with Gasteiger partial charge in [0.15, 0.2) is 5.06 Å². The lowest BCUT2D eigenvalue weighted by Crippen LogP contribution is -2.11. The summed E-state index contributed by atoms with van der Waals surface area (Å²) in [6, 6.07) is 0. The molecule has 0 saturated carbocycles. The van der Waals surface area contributed by atoms with Crippen molar-refractivity contribution in [3.63, 3.8) is 0 Å². The van der Waals surface area contributed by atoms with E-state index in [1.54, 1.807) is 0 Å².